The number of ether oxygens (including phenoxy) is 2. The van der Waals surface area contributed by atoms with Crippen LogP contribution in [0.25, 0.3) is 0 Å². The first kappa shape index (κ1) is 17.5. The molecule has 0 radical (unpaired) electrons. The van der Waals surface area contributed by atoms with Crippen molar-refractivity contribution in [1.82, 2.24) is 0 Å². The quantitative estimate of drug-likeness (QED) is 0.745. The van der Waals surface area contributed by atoms with E-state index in [2.05, 4.69) is 6.07 Å². The Balaban J connectivity index is 1.81. The second-order valence-electron chi connectivity index (χ2n) is 7.57. The average Bonchev–Trinajstić information content (AvgIpc) is 3.02. The Morgan fingerprint density at radius 1 is 1.04 bits per heavy atom. The highest BCUT2D eigenvalue weighted by Crippen LogP contribution is 2.33. The average molecular weight is 338 g/mol. The van der Waals surface area contributed by atoms with Crippen LogP contribution in [0.15, 0.2) is 42.5 Å². The van der Waals surface area contributed by atoms with Gasteiger partial charge in [-0.3, -0.25) is 4.79 Å². The molecule has 3 nitrogen and oxygen atoms in total. The first-order chi connectivity index (χ1) is 11.9. The summed E-state index contributed by atoms with van der Waals surface area (Å²) in [5.74, 6) is 0.604. The zero-order chi connectivity index (χ0) is 17.9. The predicted octanol–water partition coefficient (Wildman–Crippen LogP) is 4.64. The van der Waals surface area contributed by atoms with E-state index in [1.807, 2.05) is 57.2 Å². The van der Waals surface area contributed by atoms with Gasteiger partial charge < -0.3 is 9.47 Å². The van der Waals surface area contributed by atoms with Crippen molar-refractivity contribution in [3.05, 3.63) is 64.7 Å². The lowest BCUT2D eigenvalue weighted by molar-refractivity contribution is -0.153. The standard InChI is InChI=1S/C22H26O3/c1-22(2,3)25-21(23)14-19-18-11-7-10-17(18)12-13-20(19)24-15-16-8-5-4-6-9-16/h4-6,8-9,12-13H,7,10-11,14-15H2,1-3H3. The molecule has 0 aromatic heterocycles. The summed E-state index contributed by atoms with van der Waals surface area (Å²) in [6.45, 7) is 6.19. The minimum absolute atomic E-state index is 0.197. The molecule has 2 aromatic rings. The molecule has 1 aliphatic rings. The lowest BCUT2D eigenvalue weighted by Gasteiger charge is -2.21. The Morgan fingerprint density at radius 2 is 1.80 bits per heavy atom. The highest BCUT2D eigenvalue weighted by Gasteiger charge is 2.23. The zero-order valence-corrected chi connectivity index (χ0v) is 15.3. The summed E-state index contributed by atoms with van der Waals surface area (Å²) in [5, 5.41) is 0. The summed E-state index contributed by atoms with van der Waals surface area (Å²) in [6.07, 6.45) is 3.50. The second-order valence-corrected chi connectivity index (χ2v) is 7.57. The van der Waals surface area contributed by atoms with Crippen LogP contribution >= 0.6 is 0 Å². The number of carbonyl (C=O) groups excluding carboxylic acids is 1. The molecule has 0 fully saturated rings. The molecule has 0 saturated heterocycles. The third-order valence-corrected chi connectivity index (χ3v) is 4.34. The predicted molar refractivity (Wildman–Crippen MR) is 98.8 cm³/mol. The Hall–Kier alpha value is -2.29. The Bertz CT molecular complexity index is 742. The number of hydrogen-bond donors (Lipinski definition) is 0. The van der Waals surface area contributed by atoms with Crippen LogP contribution in [0.5, 0.6) is 5.75 Å². The molecule has 0 unspecified atom stereocenters. The summed E-state index contributed by atoms with van der Waals surface area (Å²) in [5.41, 5.74) is 4.26. The number of fused-ring (bicyclic) bond motifs is 1. The van der Waals surface area contributed by atoms with Gasteiger partial charge in [-0.2, -0.15) is 0 Å². The van der Waals surface area contributed by atoms with E-state index in [1.54, 1.807) is 0 Å². The molecule has 25 heavy (non-hydrogen) atoms. The van der Waals surface area contributed by atoms with E-state index >= 15 is 0 Å². The van der Waals surface area contributed by atoms with Gasteiger partial charge >= 0.3 is 5.97 Å². The number of rotatable bonds is 5. The topological polar surface area (TPSA) is 35.5 Å². The number of aryl methyl sites for hydroxylation is 1. The molecule has 3 rings (SSSR count). The van der Waals surface area contributed by atoms with Crippen molar-refractivity contribution in [2.45, 2.75) is 58.7 Å². The molecule has 0 heterocycles. The van der Waals surface area contributed by atoms with Gasteiger partial charge in [0.05, 0.1) is 6.42 Å². The lowest BCUT2D eigenvalue weighted by Crippen LogP contribution is -2.25. The van der Waals surface area contributed by atoms with Crippen LogP contribution < -0.4 is 4.74 Å². The maximum Gasteiger partial charge on any atom is 0.310 e. The molecular weight excluding hydrogens is 312 g/mol. The zero-order valence-electron chi connectivity index (χ0n) is 15.3. The first-order valence-corrected chi connectivity index (χ1v) is 8.94. The number of benzene rings is 2. The molecule has 0 bridgehead atoms. The summed E-state index contributed by atoms with van der Waals surface area (Å²) in [4.78, 5) is 12.4. The van der Waals surface area contributed by atoms with Crippen molar-refractivity contribution < 1.29 is 14.3 Å². The van der Waals surface area contributed by atoms with Gasteiger partial charge in [-0.15, -0.1) is 0 Å². The summed E-state index contributed by atoms with van der Waals surface area (Å²) in [6, 6.07) is 14.2. The molecule has 0 N–H and O–H groups in total. The summed E-state index contributed by atoms with van der Waals surface area (Å²) >= 11 is 0. The maximum absolute atomic E-state index is 12.4. The van der Waals surface area contributed by atoms with Crippen molar-refractivity contribution in [2.75, 3.05) is 0 Å². The van der Waals surface area contributed by atoms with E-state index in [-0.39, 0.29) is 12.4 Å². The van der Waals surface area contributed by atoms with Crippen LogP contribution in [-0.2, 0) is 35.4 Å². The molecule has 3 heteroatoms. The molecule has 1 aliphatic carbocycles. The number of carbonyl (C=O) groups is 1. The Kier molecular flexibility index (Phi) is 5.12. The first-order valence-electron chi connectivity index (χ1n) is 8.94. The molecule has 2 aromatic carbocycles. The van der Waals surface area contributed by atoms with Gasteiger partial charge in [0.1, 0.15) is 18.0 Å². The van der Waals surface area contributed by atoms with Crippen molar-refractivity contribution >= 4 is 5.97 Å². The van der Waals surface area contributed by atoms with E-state index in [9.17, 15) is 4.79 Å². The van der Waals surface area contributed by atoms with E-state index in [4.69, 9.17) is 9.47 Å². The fourth-order valence-electron chi connectivity index (χ4n) is 3.31. The SMILES string of the molecule is CC(C)(C)OC(=O)Cc1c(OCc2ccccc2)ccc2c1CCC2. The van der Waals surface area contributed by atoms with Gasteiger partial charge in [0.2, 0.25) is 0 Å². The Labute approximate surface area is 150 Å². The molecule has 0 amide bonds. The number of esters is 1. The molecule has 132 valence electrons. The lowest BCUT2D eigenvalue weighted by atomic mass is 9.99. The van der Waals surface area contributed by atoms with E-state index in [0.29, 0.717) is 6.61 Å². The van der Waals surface area contributed by atoms with E-state index in [1.165, 1.54) is 11.1 Å². The second kappa shape index (κ2) is 7.30. The van der Waals surface area contributed by atoms with Crippen molar-refractivity contribution in [3.8, 4) is 5.75 Å². The van der Waals surface area contributed by atoms with E-state index < -0.39 is 5.60 Å². The highest BCUT2D eigenvalue weighted by atomic mass is 16.6. The summed E-state index contributed by atoms with van der Waals surface area (Å²) in [7, 11) is 0. The van der Waals surface area contributed by atoms with Crippen molar-refractivity contribution in [1.29, 1.82) is 0 Å². The monoisotopic (exact) mass is 338 g/mol. The van der Waals surface area contributed by atoms with Crippen molar-refractivity contribution in [2.24, 2.45) is 0 Å². The third kappa shape index (κ3) is 4.62. The number of hydrogen-bond acceptors (Lipinski definition) is 3. The van der Waals surface area contributed by atoms with Gasteiger partial charge in [0, 0.05) is 5.56 Å². The minimum Gasteiger partial charge on any atom is -0.489 e. The van der Waals surface area contributed by atoms with Gasteiger partial charge in [0.25, 0.3) is 0 Å². The van der Waals surface area contributed by atoms with Gasteiger partial charge in [-0.05, 0) is 62.8 Å². The maximum atomic E-state index is 12.4. The Morgan fingerprint density at radius 3 is 2.52 bits per heavy atom. The third-order valence-electron chi connectivity index (χ3n) is 4.34. The van der Waals surface area contributed by atoms with Crippen LogP contribution in [0.3, 0.4) is 0 Å². The molecular formula is C22H26O3. The fourth-order valence-corrected chi connectivity index (χ4v) is 3.31. The molecule has 0 spiro atoms. The van der Waals surface area contributed by atoms with Crippen LogP contribution in [-0.4, -0.2) is 11.6 Å². The van der Waals surface area contributed by atoms with Gasteiger partial charge in [-0.1, -0.05) is 36.4 Å². The smallest absolute Gasteiger partial charge is 0.310 e. The van der Waals surface area contributed by atoms with Crippen LogP contribution in [0.2, 0.25) is 0 Å². The van der Waals surface area contributed by atoms with Crippen molar-refractivity contribution in [3.63, 3.8) is 0 Å². The molecule has 0 saturated carbocycles. The van der Waals surface area contributed by atoms with Gasteiger partial charge in [-0.25, -0.2) is 0 Å². The molecule has 0 aliphatic heterocycles. The fraction of sp³-hybridized carbons (Fsp3) is 0.409. The van der Waals surface area contributed by atoms with Crippen LogP contribution in [0, 0.1) is 0 Å². The molecule has 0 atom stereocenters. The van der Waals surface area contributed by atoms with Crippen LogP contribution in [0.4, 0.5) is 0 Å². The van der Waals surface area contributed by atoms with Crippen LogP contribution in [0.1, 0.15) is 49.4 Å². The van der Waals surface area contributed by atoms with Gasteiger partial charge in [0.15, 0.2) is 0 Å². The minimum atomic E-state index is -0.472. The largest absolute Gasteiger partial charge is 0.489 e. The normalized spacial score (nSPS) is 13.4. The summed E-state index contributed by atoms with van der Waals surface area (Å²) < 4.78 is 11.6. The highest BCUT2D eigenvalue weighted by molar-refractivity contribution is 5.75. The van der Waals surface area contributed by atoms with E-state index in [0.717, 1.165) is 36.1 Å².